The maximum Gasteiger partial charge on any atom is 0.185 e. The Balaban J connectivity index is 1.07. The molecule has 0 saturated heterocycles. The summed E-state index contributed by atoms with van der Waals surface area (Å²) in [6.07, 6.45) is 3.78. The van der Waals surface area contributed by atoms with Gasteiger partial charge < -0.3 is 13.3 Å². The van der Waals surface area contributed by atoms with Crippen LogP contribution in [0.3, 0.4) is 0 Å². The average Bonchev–Trinajstić information content (AvgIpc) is 4.16. The zero-order chi connectivity index (χ0) is 42.6. The summed E-state index contributed by atoms with van der Waals surface area (Å²) in [5, 5.41) is 13.8. The van der Waals surface area contributed by atoms with Crippen molar-refractivity contribution < 1.29 is 13.3 Å². The quantitative estimate of drug-likeness (QED) is 0.123. The van der Waals surface area contributed by atoms with Gasteiger partial charge >= 0.3 is 0 Å². The Labute approximate surface area is 376 Å². The molecule has 0 N–H and O–H groups in total. The Morgan fingerprint density at radius 2 is 0.785 bits per heavy atom. The average molecular weight is 867 g/mol. The Bertz CT molecular complexity index is 3930. The van der Waals surface area contributed by atoms with E-state index in [1.54, 1.807) is 0 Å². The van der Waals surface area contributed by atoms with E-state index >= 15 is 0 Å². The summed E-state index contributed by atoms with van der Waals surface area (Å²) in [6.45, 7) is 0. The SMILES string of the molecule is c1ccc([Si](c2ccccc2)(c2cccc3c2oc2c(-c4nccc5c4oc4ccccc45)cccc23)c2cccc3c2sc2c(-c4nccc5c4oc4ccccc45)cccc23)cc1. The van der Waals surface area contributed by atoms with Gasteiger partial charge in [0.25, 0.3) is 0 Å². The minimum atomic E-state index is -3.23. The molecule has 14 aromatic rings. The molecule has 7 heteroatoms. The van der Waals surface area contributed by atoms with Crippen molar-refractivity contribution in [1.82, 2.24) is 9.97 Å². The van der Waals surface area contributed by atoms with Crippen molar-refractivity contribution >= 4 is 126 Å². The second-order valence-corrected chi connectivity index (χ2v) is 21.4. The fraction of sp³-hybridized carbons (Fsp3) is 0. The summed E-state index contributed by atoms with van der Waals surface area (Å²) in [5.41, 5.74) is 8.49. The van der Waals surface area contributed by atoms with Crippen LogP contribution in [-0.2, 0) is 0 Å². The fourth-order valence-electron chi connectivity index (χ4n) is 10.6. The normalized spacial score (nSPS) is 12.3. The minimum absolute atomic E-state index is 0.752. The van der Waals surface area contributed by atoms with Crippen molar-refractivity contribution in [2.24, 2.45) is 0 Å². The van der Waals surface area contributed by atoms with Crippen molar-refractivity contribution in [2.75, 3.05) is 0 Å². The second kappa shape index (κ2) is 13.9. The number of furan rings is 3. The number of rotatable bonds is 6. The Morgan fingerprint density at radius 1 is 0.323 bits per heavy atom. The molecule has 0 bridgehead atoms. The van der Waals surface area contributed by atoms with Gasteiger partial charge in [-0.05, 0) is 51.1 Å². The zero-order valence-corrected chi connectivity index (χ0v) is 36.5. The van der Waals surface area contributed by atoms with Crippen LogP contribution < -0.4 is 20.7 Å². The van der Waals surface area contributed by atoms with Gasteiger partial charge in [-0.1, -0.05) is 164 Å². The highest BCUT2D eigenvalue weighted by Gasteiger charge is 2.45. The molecular formula is C58H34N2O3SSi. The first kappa shape index (κ1) is 36.4. The first-order valence-corrected chi connectivity index (χ1v) is 24.6. The van der Waals surface area contributed by atoms with Crippen molar-refractivity contribution in [2.45, 2.75) is 0 Å². The molecule has 6 heterocycles. The van der Waals surface area contributed by atoms with Crippen LogP contribution in [0.4, 0.5) is 0 Å². The maximum absolute atomic E-state index is 7.41. The highest BCUT2D eigenvalue weighted by molar-refractivity contribution is 7.31. The van der Waals surface area contributed by atoms with Crippen molar-refractivity contribution in [3.63, 3.8) is 0 Å². The molecule has 0 fully saturated rings. The lowest BCUT2D eigenvalue weighted by Crippen LogP contribution is -2.74. The number of benzene rings is 8. The molecule has 0 amide bonds. The summed E-state index contributed by atoms with van der Waals surface area (Å²) >= 11 is 1.85. The number of pyridine rings is 2. The Hall–Kier alpha value is -8.10. The molecule has 0 aliphatic rings. The number of hydrogen-bond donors (Lipinski definition) is 0. The van der Waals surface area contributed by atoms with Crippen LogP contribution in [0.25, 0.3) is 109 Å². The standard InChI is InChI=1S/C58H34N2O3SSi/c1-3-15-35(16-4-1)65(36-17-5-2-6-18-36,49-29-13-22-40-39-21-11-25-45(53(39)63-54(40)49)51-55-41(31-33-59-51)37-19-7-9-27-47(37)61-55)50-30-14-24-44-43-23-12-26-46(57(43)64-58(44)50)52-56-42(32-34-60-52)38-20-8-10-28-48(38)62-56/h1-34H. The zero-order valence-electron chi connectivity index (χ0n) is 34.7. The van der Waals surface area contributed by atoms with Gasteiger partial charge in [0, 0.05) is 76.0 Å². The van der Waals surface area contributed by atoms with Crippen LogP contribution in [0.2, 0.25) is 0 Å². The lowest BCUT2D eigenvalue weighted by Gasteiger charge is -2.34. The molecular weight excluding hydrogens is 833 g/mol. The van der Waals surface area contributed by atoms with Gasteiger partial charge in [-0.3, -0.25) is 9.97 Å². The molecule has 8 aromatic carbocycles. The summed E-state index contributed by atoms with van der Waals surface area (Å²) in [5.74, 6) is 0. The summed E-state index contributed by atoms with van der Waals surface area (Å²) in [7, 11) is -3.23. The molecule has 5 nitrogen and oxygen atoms in total. The number of aromatic nitrogens is 2. The topological polar surface area (TPSA) is 65.2 Å². The first-order valence-electron chi connectivity index (χ1n) is 21.8. The molecule has 6 aromatic heterocycles. The minimum Gasteiger partial charge on any atom is -0.455 e. The number of thiophene rings is 1. The van der Waals surface area contributed by atoms with Gasteiger partial charge in [-0.2, -0.15) is 0 Å². The van der Waals surface area contributed by atoms with Gasteiger partial charge in [0.05, 0.1) is 0 Å². The predicted molar refractivity (Wildman–Crippen MR) is 271 cm³/mol. The smallest absolute Gasteiger partial charge is 0.185 e. The monoisotopic (exact) mass is 866 g/mol. The van der Waals surface area contributed by atoms with Gasteiger partial charge in [-0.25, -0.2) is 0 Å². The number of fused-ring (bicyclic) bond motifs is 12. The summed E-state index contributed by atoms with van der Waals surface area (Å²) in [6, 6.07) is 69.4. The fourth-order valence-corrected chi connectivity index (χ4v) is 17.4. The van der Waals surface area contributed by atoms with E-state index in [0.717, 1.165) is 88.3 Å². The van der Waals surface area contributed by atoms with E-state index in [4.69, 9.17) is 23.2 Å². The third kappa shape index (κ3) is 5.13. The molecule has 65 heavy (non-hydrogen) atoms. The van der Waals surface area contributed by atoms with Gasteiger partial charge in [0.1, 0.15) is 33.7 Å². The van der Waals surface area contributed by atoms with Gasteiger partial charge in [0.2, 0.25) is 0 Å². The van der Waals surface area contributed by atoms with E-state index in [9.17, 15) is 0 Å². The summed E-state index contributed by atoms with van der Waals surface area (Å²) < 4.78 is 23.0. The van der Waals surface area contributed by atoms with Crippen molar-refractivity contribution in [1.29, 1.82) is 0 Å². The van der Waals surface area contributed by atoms with Crippen LogP contribution >= 0.6 is 11.3 Å². The lowest BCUT2D eigenvalue weighted by molar-refractivity contribution is 0.664. The second-order valence-electron chi connectivity index (χ2n) is 16.7. The Morgan fingerprint density at radius 3 is 1.42 bits per heavy atom. The molecule has 0 radical (unpaired) electrons. The van der Waals surface area contributed by atoms with Crippen LogP contribution in [0, 0.1) is 0 Å². The maximum atomic E-state index is 7.41. The molecule has 0 atom stereocenters. The van der Waals surface area contributed by atoms with Crippen molar-refractivity contribution in [3.8, 4) is 22.5 Å². The molecule has 0 unspecified atom stereocenters. The molecule has 0 aliphatic carbocycles. The van der Waals surface area contributed by atoms with E-state index in [2.05, 4.69) is 158 Å². The number of para-hydroxylation sites is 4. The van der Waals surface area contributed by atoms with Crippen LogP contribution in [-0.4, -0.2) is 18.0 Å². The first-order chi connectivity index (χ1) is 32.3. The number of hydrogen-bond acceptors (Lipinski definition) is 6. The highest BCUT2D eigenvalue weighted by Crippen LogP contribution is 2.44. The molecule has 0 aliphatic heterocycles. The van der Waals surface area contributed by atoms with Gasteiger partial charge in [-0.15, -0.1) is 11.3 Å². The van der Waals surface area contributed by atoms with Gasteiger partial charge in [0.15, 0.2) is 19.2 Å². The Kier molecular flexibility index (Phi) is 7.81. The van der Waals surface area contributed by atoms with Crippen LogP contribution in [0.1, 0.15) is 0 Å². The molecule has 14 rings (SSSR count). The molecule has 0 spiro atoms. The number of nitrogens with zero attached hydrogens (tertiary/aromatic N) is 2. The van der Waals surface area contributed by atoms with Crippen LogP contribution in [0.15, 0.2) is 220 Å². The van der Waals surface area contributed by atoms with E-state index in [1.807, 2.05) is 60.1 Å². The molecule has 304 valence electrons. The van der Waals surface area contributed by atoms with E-state index in [0.29, 0.717) is 0 Å². The highest BCUT2D eigenvalue weighted by atomic mass is 32.1. The van der Waals surface area contributed by atoms with Crippen LogP contribution in [0.5, 0.6) is 0 Å². The van der Waals surface area contributed by atoms with E-state index in [1.165, 1.54) is 40.9 Å². The predicted octanol–water partition coefficient (Wildman–Crippen LogP) is 13.3. The summed E-state index contributed by atoms with van der Waals surface area (Å²) in [4.78, 5) is 9.98. The largest absolute Gasteiger partial charge is 0.455 e. The third-order valence-corrected chi connectivity index (χ3v) is 19.7. The molecule has 0 saturated carbocycles. The van der Waals surface area contributed by atoms with E-state index in [-0.39, 0.29) is 0 Å². The van der Waals surface area contributed by atoms with Crippen molar-refractivity contribution in [3.05, 3.63) is 207 Å². The lowest BCUT2D eigenvalue weighted by atomic mass is 10.0. The van der Waals surface area contributed by atoms with E-state index < -0.39 is 8.07 Å². The third-order valence-electron chi connectivity index (χ3n) is 13.4.